The molecule has 0 fully saturated rings. The molecule has 0 heterocycles. The van der Waals surface area contributed by atoms with Gasteiger partial charge in [0, 0.05) is 38.1 Å². The van der Waals surface area contributed by atoms with Crippen LogP contribution in [-0.2, 0) is 0 Å². The lowest BCUT2D eigenvalue weighted by Crippen LogP contribution is -2.26. The average Bonchev–Trinajstić information content (AvgIpc) is 2.46. The van der Waals surface area contributed by atoms with Crippen LogP contribution in [0.4, 0.5) is 11.4 Å². The predicted octanol–water partition coefficient (Wildman–Crippen LogP) is 2.73. The molecular weight excluding hydrogens is 252 g/mol. The van der Waals surface area contributed by atoms with E-state index in [-0.39, 0.29) is 11.7 Å². The molecule has 2 aromatic carbocycles. The molecule has 1 N–H and O–H groups in total. The third-order valence-corrected chi connectivity index (χ3v) is 3.15. The van der Waals surface area contributed by atoms with Gasteiger partial charge in [0.1, 0.15) is 5.75 Å². The second-order valence-electron chi connectivity index (χ2n) is 4.83. The molecule has 104 valence electrons. The minimum Gasteiger partial charge on any atom is -0.508 e. The van der Waals surface area contributed by atoms with Gasteiger partial charge in [-0.2, -0.15) is 0 Å². The molecule has 4 nitrogen and oxygen atoms in total. The Morgan fingerprint density at radius 3 is 2.20 bits per heavy atom. The first kappa shape index (κ1) is 13.9. The molecule has 4 heteroatoms. The third kappa shape index (κ3) is 2.91. The van der Waals surface area contributed by atoms with Crippen molar-refractivity contribution in [1.29, 1.82) is 0 Å². The summed E-state index contributed by atoms with van der Waals surface area (Å²) < 4.78 is 0. The Bertz CT molecular complexity index is 606. The van der Waals surface area contributed by atoms with Crippen LogP contribution >= 0.6 is 0 Å². The van der Waals surface area contributed by atoms with Gasteiger partial charge in [-0.1, -0.05) is 6.07 Å². The molecule has 0 radical (unpaired) electrons. The third-order valence-electron chi connectivity index (χ3n) is 3.15. The van der Waals surface area contributed by atoms with Crippen LogP contribution in [-0.4, -0.2) is 32.2 Å². The summed E-state index contributed by atoms with van der Waals surface area (Å²) in [6, 6.07) is 14.0. The van der Waals surface area contributed by atoms with Crippen molar-refractivity contribution in [2.24, 2.45) is 0 Å². The van der Waals surface area contributed by atoms with Gasteiger partial charge in [-0.15, -0.1) is 0 Å². The van der Waals surface area contributed by atoms with E-state index in [4.69, 9.17) is 0 Å². The summed E-state index contributed by atoms with van der Waals surface area (Å²) in [5.41, 5.74) is 2.35. The molecule has 0 aliphatic carbocycles. The maximum absolute atomic E-state index is 12.4. The van der Waals surface area contributed by atoms with Gasteiger partial charge in [-0.05, 0) is 42.5 Å². The number of amides is 1. The fraction of sp³-hybridized carbons (Fsp3) is 0.188. The molecule has 0 saturated carbocycles. The monoisotopic (exact) mass is 270 g/mol. The molecule has 0 bridgehead atoms. The van der Waals surface area contributed by atoms with E-state index >= 15 is 0 Å². The Morgan fingerprint density at radius 2 is 1.60 bits per heavy atom. The normalized spacial score (nSPS) is 10.2. The number of phenolic OH excluding ortho intramolecular Hbond substituents is 1. The minimum atomic E-state index is -0.0839. The van der Waals surface area contributed by atoms with Gasteiger partial charge in [0.15, 0.2) is 0 Å². The van der Waals surface area contributed by atoms with Crippen molar-refractivity contribution in [3.63, 3.8) is 0 Å². The summed E-state index contributed by atoms with van der Waals surface area (Å²) in [7, 11) is 5.59. The molecule has 0 aromatic heterocycles. The molecule has 0 saturated heterocycles. The maximum Gasteiger partial charge on any atom is 0.258 e. The number of hydrogen-bond acceptors (Lipinski definition) is 3. The molecule has 0 aliphatic rings. The van der Waals surface area contributed by atoms with E-state index in [1.54, 1.807) is 42.3 Å². The van der Waals surface area contributed by atoms with Crippen LogP contribution < -0.4 is 9.80 Å². The molecule has 0 aliphatic heterocycles. The van der Waals surface area contributed by atoms with E-state index in [1.165, 1.54) is 0 Å². The quantitative estimate of drug-likeness (QED) is 0.932. The highest BCUT2D eigenvalue weighted by Crippen LogP contribution is 2.20. The van der Waals surface area contributed by atoms with Gasteiger partial charge in [0.05, 0.1) is 0 Å². The first-order valence-corrected chi connectivity index (χ1v) is 6.33. The number of aromatic hydroxyl groups is 1. The van der Waals surface area contributed by atoms with Crippen LogP contribution in [0, 0.1) is 0 Å². The maximum atomic E-state index is 12.4. The topological polar surface area (TPSA) is 43.8 Å². The zero-order valence-electron chi connectivity index (χ0n) is 11.9. The van der Waals surface area contributed by atoms with Gasteiger partial charge < -0.3 is 14.9 Å². The standard InChI is InChI=1S/C16H18N2O2/c1-17(2)14-6-4-5-12(11-14)16(20)18(3)13-7-9-15(19)10-8-13/h4-11,19H,1-3H3. The number of carbonyl (C=O) groups excluding carboxylic acids is 1. The largest absolute Gasteiger partial charge is 0.508 e. The SMILES string of the molecule is CN(C)c1cccc(C(=O)N(C)c2ccc(O)cc2)c1. The van der Waals surface area contributed by atoms with E-state index in [0.717, 1.165) is 11.4 Å². The van der Waals surface area contributed by atoms with Crippen molar-refractivity contribution in [3.05, 3.63) is 54.1 Å². The van der Waals surface area contributed by atoms with Crippen LogP contribution in [0.15, 0.2) is 48.5 Å². The smallest absolute Gasteiger partial charge is 0.258 e. The van der Waals surface area contributed by atoms with E-state index < -0.39 is 0 Å². The van der Waals surface area contributed by atoms with Gasteiger partial charge in [-0.3, -0.25) is 4.79 Å². The van der Waals surface area contributed by atoms with E-state index in [2.05, 4.69) is 0 Å². The van der Waals surface area contributed by atoms with Crippen molar-refractivity contribution in [2.45, 2.75) is 0 Å². The van der Waals surface area contributed by atoms with Crippen LogP contribution in [0.1, 0.15) is 10.4 Å². The van der Waals surface area contributed by atoms with E-state index in [1.807, 2.05) is 37.2 Å². The lowest BCUT2D eigenvalue weighted by molar-refractivity contribution is 0.0993. The number of benzene rings is 2. The first-order valence-electron chi connectivity index (χ1n) is 6.33. The van der Waals surface area contributed by atoms with Crippen molar-refractivity contribution >= 4 is 17.3 Å². The van der Waals surface area contributed by atoms with Gasteiger partial charge in [0.2, 0.25) is 0 Å². The second kappa shape index (κ2) is 5.65. The highest BCUT2D eigenvalue weighted by atomic mass is 16.3. The highest BCUT2D eigenvalue weighted by Gasteiger charge is 2.14. The molecule has 2 rings (SSSR count). The number of carbonyl (C=O) groups is 1. The Kier molecular flexibility index (Phi) is 3.94. The van der Waals surface area contributed by atoms with Gasteiger partial charge in [-0.25, -0.2) is 0 Å². The number of rotatable bonds is 3. The van der Waals surface area contributed by atoms with Crippen molar-refractivity contribution in [1.82, 2.24) is 0 Å². The van der Waals surface area contributed by atoms with E-state index in [0.29, 0.717) is 5.56 Å². The predicted molar refractivity (Wildman–Crippen MR) is 81.6 cm³/mol. The summed E-state index contributed by atoms with van der Waals surface area (Å²) in [6.45, 7) is 0. The lowest BCUT2D eigenvalue weighted by atomic mass is 10.1. The Balaban J connectivity index is 2.26. The summed E-state index contributed by atoms with van der Waals surface area (Å²) in [6.07, 6.45) is 0. The molecule has 0 atom stereocenters. The van der Waals surface area contributed by atoms with Crippen molar-refractivity contribution < 1.29 is 9.90 Å². The number of nitrogens with zero attached hydrogens (tertiary/aromatic N) is 2. The molecule has 1 amide bonds. The zero-order valence-corrected chi connectivity index (χ0v) is 11.9. The fourth-order valence-corrected chi connectivity index (χ4v) is 1.90. The molecule has 20 heavy (non-hydrogen) atoms. The van der Waals surface area contributed by atoms with Crippen molar-refractivity contribution in [2.75, 3.05) is 30.9 Å². The van der Waals surface area contributed by atoms with E-state index in [9.17, 15) is 9.90 Å². The Hall–Kier alpha value is -2.49. The lowest BCUT2D eigenvalue weighted by Gasteiger charge is -2.19. The summed E-state index contributed by atoms with van der Waals surface area (Å²) >= 11 is 0. The Morgan fingerprint density at radius 1 is 0.950 bits per heavy atom. The van der Waals surface area contributed by atoms with Crippen LogP contribution in [0.25, 0.3) is 0 Å². The number of anilines is 2. The van der Waals surface area contributed by atoms with Gasteiger partial charge in [0.25, 0.3) is 5.91 Å². The molecule has 0 unspecified atom stereocenters. The van der Waals surface area contributed by atoms with Crippen LogP contribution in [0.3, 0.4) is 0 Å². The molecule has 2 aromatic rings. The van der Waals surface area contributed by atoms with Crippen LogP contribution in [0.5, 0.6) is 5.75 Å². The first-order chi connectivity index (χ1) is 9.49. The fourth-order valence-electron chi connectivity index (χ4n) is 1.90. The number of hydrogen-bond donors (Lipinski definition) is 1. The highest BCUT2D eigenvalue weighted by molar-refractivity contribution is 6.06. The van der Waals surface area contributed by atoms with Crippen molar-refractivity contribution in [3.8, 4) is 5.75 Å². The summed E-state index contributed by atoms with van der Waals surface area (Å²) in [5.74, 6) is 0.101. The molecule has 0 spiro atoms. The average molecular weight is 270 g/mol. The minimum absolute atomic E-state index is 0.0839. The number of phenols is 1. The summed E-state index contributed by atoms with van der Waals surface area (Å²) in [5, 5.41) is 9.28. The zero-order chi connectivity index (χ0) is 14.7. The van der Waals surface area contributed by atoms with Crippen LogP contribution in [0.2, 0.25) is 0 Å². The van der Waals surface area contributed by atoms with Gasteiger partial charge >= 0.3 is 0 Å². The summed E-state index contributed by atoms with van der Waals surface area (Å²) in [4.78, 5) is 16.0. The molecular formula is C16H18N2O2. The second-order valence-corrected chi connectivity index (χ2v) is 4.83. The Labute approximate surface area is 118 Å².